The van der Waals surface area contributed by atoms with Crippen molar-refractivity contribution in [3.05, 3.63) is 12.2 Å². The highest BCUT2D eigenvalue weighted by Crippen LogP contribution is 2.17. The molecule has 0 radical (unpaired) electrons. The first kappa shape index (κ1) is 10.2. The number of rotatable bonds is 5. The van der Waals surface area contributed by atoms with Gasteiger partial charge in [0.2, 0.25) is 0 Å². The third-order valence-corrected chi connectivity index (χ3v) is 2.47. The topological polar surface area (TPSA) is 0 Å². The van der Waals surface area contributed by atoms with Crippen molar-refractivity contribution in [2.45, 2.75) is 33.1 Å². The molecule has 0 aliphatic carbocycles. The van der Waals surface area contributed by atoms with Gasteiger partial charge in [-0.1, -0.05) is 34.8 Å². The lowest BCUT2D eigenvalue weighted by Gasteiger charge is -2.11. The Labute approximate surface area is 72.8 Å². The quantitative estimate of drug-likeness (QED) is 0.473. The second kappa shape index (κ2) is 5.96. The molecule has 1 atom stereocenters. The molecule has 1 heteroatoms. The van der Waals surface area contributed by atoms with Crippen LogP contribution in [0.3, 0.4) is 0 Å². The van der Waals surface area contributed by atoms with Crippen molar-refractivity contribution in [2.75, 3.05) is 5.33 Å². The van der Waals surface area contributed by atoms with Crippen LogP contribution < -0.4 is 0 Å². The standard InChI is InChI=1S/C9H17Br/c1-4-5-9(7-10)6-8(2)3/h9H,2,4-7H2,1,3H3. The van der Waals surface area contributed by atoms with Gasteiger partial charge in [0.1, 0.15) is 0 Å². The summed E-state index contributed by atoms with van der Waals surface area (Å²) in [5, 5.41) is 1.12. The largest absolute Gasteiger partial charge is 0.100 e. The second-order valence-corrected chi connectivity index (χ2v) is 3.62. The lowest BCUT2D eigenvalue weighted by molar-refractivity contribution is 0.532. The minimum absolute atomic E-state index is 0.808. The summed E-state index contributed by atoms with van der Waals surface area (Å²) in [6.07, 6.45) is 3.78. The van der Waals surface area contributed by atoms with E-state index in [4.69, 9.17) is 0 Å². The second-order valence-electron chi connectivity index (χ2n) is 2.97. The van der Waals surface area contributed by atoms with Crippen molar-refractivity contribution in [1.82, 2.24) is 0 Å². The molecule has 0 saturated heterocycles. The van der Waals surface area contributed by atoms with Crippen LogP contribution in [0, 0.1) is 5.92 Å². The van der Waals surface area contributed by atoms with Gasteiger partial charge >= 0.3 is 0 Å². The Morgan fingerprint density at radius 3 is 2.50 bits per heavy atom. The molecule has 0 N–H and O–H groups in total. The van der Waals surface area contributed by atoms with E-state index in [2.05, 4.69) is 36.4 Å². The van der Waals surface area contributed by atoms with E-state index in [1.54, 1.807) is 0 Å². The van der Waals surface area contributed by atoms with Crippen LogP contribution in [0.25, 0.3) is 0 Å². The third kappa shape index (κ3) is 5.04. The summed E-state index contributed by atoms with van der Waals surface area (Å²) < 4.78 is 0. The van der Waals surface area contributed by atoms with Gasteiger partial charge in [-0.3, -0.25) is 0 Å². The molecule has 0 aromatic rings. The molecule has 10 heavy (non-hydrogen) atoms. The minimum atomic E-state index is 0.808. The summed E-state index contributed by atoms with van der Waals surface area (Å²) in [5.74, 6) is 0.808. The summed E-state index contributed by atoms with van der Waals surface area (Å²) in [7, 11) is 0. The molecule has 0 rings (SSSR count). The van der Waals surface area contributed by atoms with Crippen LogP contribution >= 0.6 is 15.9 Å². The lowest BCUT2D eigenvalue weighted by atomic mass is 9.99. The van der Waals surface area contributed by atoms with Gasteiger partial charge in [-0.2, -0.15) is 0 Å². The van der Waals surface area contributed by atoms with E-state index in [1.165, 1.54) is 24.8 Å². The molecule has 0 saturated carbocycles. The number of hydrogen-bond acceptors (Lipinski definition) is 0. The molecule has 60 valence electrons. The van der Waals surface area contributed by atoms with E-state index in [9.17, 15) is 0 Å². The molecule has 0 aromatic carbocycles. The van der Waals surface area contributed by atoms with Gasteiger partial charge in [-0.25, -0.2) is 0 Å². The monoisotopic (exact) mass is 204 g/mol. The Bertz CT molecular complexity index is 96.9. The van der Waals surface area contributed by atoms with E-state index in [0.717, 1.165) is 11.2 Å². The van der Waals surface area contributed by atoms with Crippen molar-refractivity contribution < 1.29 is 0 Å². The number of hydrogen-bond donors (Lipinski definition) is 0. The molecule has 1 unspecified atom stereocenters. The number of alkyl halides is 1. The normalized spacial score (nSPS) is 13.1. The fraction of sp³-hybridized carbons (Fsp3) is 0.778. The molecule has 0 aromatic heterocycles. The van der Waals surface area contributed by atoms with Crippen LogP contribution in [0.2, 0.25) is 0 Å². The van der Waals surface area contributed by atoms with Crippen molar-refractivity contribution in [3.8, 4) is 0 Å². The molecule has 0 aliphatic heterocycles. The molecular weight excluding hydrogens is 188 g/mol. The van der Waals surface area contributed by atoms with Crippen LogP contribution in [-0.2, 0) is 0 Å². The van der Waals surface area contributed by atoms with Crippen LogP contribution in [0.15, 0.2) is 12.2 Å². The zero-order chi connectivity index (χ0) is 7.98. The van der Waals surface area contributed by atoms with Crippen molar-refractivity contribution in [1.29, 1.82) is 0 Å². The summed E-state index contributed by atoms with van der Waals surface area (Å²) in [4.78, 5) is 0. The Morgan fingerprint density at radius 2 is 2.20 bits per heavy atom. The van der Waals surface area contributed by atoms with Crippen molar-refractivity contribution in [2.24, 2.45) is 5.92 Å². The first-order chi connectivity index (χ1) is 4.70. The van der Waals surface area contributed by atoms with E-state index in [-0.39, 0.29) is 0 Å². The molecule has 0 spiro atoms. The van der Waals surface area contributed by atoms with E-state index in [1.807, 2.05) is 0 Å². The molecule has 0 bridgehead atoms. The smallest absolute Gasteiger partial charge is 0.00627 e. The lowest BCUT2D eigenvalue weighted by Crippen LogP contribution is -2.01. The zero-order valence-corrected chi connectivity index (χ0v) is 8.58. The molecule has 0 heterocycles. The fourth-order valence-corrected chi connectivity index (χ4v) is 1.69. The number of allylic oxidation sites excluding steroid dienone is 1. The van der Waals surface area contributed by atoms with Gasteiger partial charge in [-0.05, 0) is 25.7 Å². The SMILES string of the molecule is C=C(C)CC(CBr)CCC. The van der Waals surface area contributed by atoms with Gasteiger partial charge in [0, 0.05) is 5.33 Å². The van der Waals surface area contributed by atoms with E-state index in [0.29, 0.717) is 0 Å². The number of halogens is 1. The van der Waals surface area contributed by atoms with Crippen LogP contribution in [0.4, 0.5) is 0 Å². The highest BCUT2D eigenvalue weighted by Gasteiger charge is 2.04. The predicted octanol–water partition coefficient (Wildman–Crippen LogP) is 3.76. The van der Waals surface area contributed by atoms with Crippen molar-refractivity contribution >= 4 is 15.9 Å². The summed E-state index contributed by atoms with van der Waals surface area (Å²) >= 11 is 3.50. The predicted molar refractivity (Wildman–Crippen MR) is 51.6 cm³/mol. The Kier molecular flexibility index (Phi) is 6.10. The van der Waals surface area contributed by atoms with Crippen LogP contribution in [0.1, 0.15) is 33.1 Å². The summed E-state index contributed by atoms with van der Waals surface area (Å²) in [6, 6.07) is 0. The highest BCUT2D eigenvalue weighted by molar-refractivity contribution is 9.09. The van der Waals surface area contributed by atoms with Gasteiger partial charge in [0.05, 0.1) is 0 Å². The average molecular weight is 205 g/mol. The Morgan fingerprint density at radius 1 is 1.60 bits per heavy atom. The first-order valence-corrected chi connectivity index (χ1v) is 5.03. The van der Waals surface area contributed by atoms with Gasteiger partial charge < -0.3 is 0 Å². The molecular formula is C9H17Br. The maximum atomic E-state index is 3.90. The fourth-order valence-electron chi connectivity index (χ4n) is 1.13. The van der Waals surface area contributed by atoms with Crippen LogP contribution in [0.5, 0.6) is 0 Å². The summed E-state index contributed by atoms with van der Waals surface area (Å²) in [5.41, 5.74) is 1.30. The zero-order valence-electron chi connectivity index (χ0n) is 6.99. The van der Waals surface area contributed by atoms with E-state index >= 15 is 0 Å². The van der Waals surface area contributed by atoms with Gasteiger partial charge in [-0.15, -0.1) is 6.58 Å². The van der Waals surface area contributed by atoms with Crippen molar-refractivity contribution in [3.63, 3.8) is 0 Å². The minimum Gasteiger partial charge on any atom is -0.100 e. The van der Waals surface area contributed by atoms with E-state index < -0.39 is 0 Å². The maximum Gasteiger partial charge on any atom is 0.00627 e. The maximum absolute atomic E-state index is 3.90. The summed E-state index contributed by atoms with van der Waals surface area (Å²) in [6.45, 7) is 8.24. The Balaban J connectivity index is 3.49. The molecule has 0 fully saturated rings. The van der Waals surface area contributed by atoms with Gasteiger partial charge in [0.25, 0.3) is 0 Å². The third-order valence-electron chi connectivity index (χ3n) is 1.55. The highest BCUT2D eigenvalue weighted by atomic mass is 79.9. The average Bonchev–Trinajstić information content (AvgIpc) is 1.86. The van der Waals surface area contributed by atoms with Crippen LogP contribution in [-0.4, -0.2) is 5.33 Å². The Hall–Kier alpha value is 0.220. The molecule has 0 amide bonds. The van der Waals surface area contributed by atoms with Gasteiger partial charge in [0.15, 0.2) is 0 Å². The molecule has 0 nitrogen and oxygen atoms in total. The first-order valence-electron chi connectivity index (χ1n) is 3.91. The molecule has 0 aliphatic rings.